The van der Waals surface area contributed by atoms with Crippen LogP contribution in [0.5, 0.6) is 5.75 Å². The molecule has 0 aliphatic carbocycles. The number of rotatable bonds is 6. The zero-order valence-electron chi connectivity index (χ0n) is 11.6. The van der Waals surface area contributed by atoms with Gasteiger partial charge in [-0.05, 0) is 29.8 Å². The maximum atomic E-state index is 10.2. The van der Waals surface area contributed by atoms with Crippen LogP contribution in [-0.2, 0) is 6.54 Å². The second kappa shape index (κ2) is 7.80. The Kier molecular flexibility index (Phi) is 6.06. The molecule has 0 bridgehead atoms. The van der Waals surface area contributed by atoms with Crippen molar-refractivity contribution in [1.82, 2.24) is 5.32 Å². The van der Waals surface area contributed by atoms with Crippen LogP contribution < -0.4 is 10.1 Å². The topological polar surface area (TPSA) is 41.5 Å². The maximum Gasteiger partial charge on any atom is 0.124 e. The van der Waals surface area contributed by atoms with Crippen LogP contribution in [0.4, 0.5) is 0 Å². The Morgan fingerprint density at radius 1 is 1.29 bits per heavy atom. The summed E-state index contributed by atoms with van der Waals surface area (Å²) in [4.78, 5) is 0. The predicted molar refractivity (Wildman–Crippen MR) is 88.8 cm³/mol. The van der Waals surface area contributed by atoms with Gasteiger partial charge in [0.1, 0.15) is 5.75 Å². The SMILES string of the molecule is COc1cccc(Cl)c1CNCC(O)c1cccc(Br)c1. The molecule has 0 spiro atoms. The zero-order valence-corrected chi connectivity index (χ0v) is 14.0. The van der Waals surface area contributed by atoms with E-state index in [-0.39, 0.29) is 0 Å². The van der Waals surface area contributed by atoms with Crippen LogP contribution in [0.15, 0.2) is 46.9 Å². The lowest BCUT2D eigenvalue weighted by Crippen LogP contribution is -2.21. The van der Waals surface area contributed by atoms with E-state index in [4.69, 9.17) is 16.3 Å². The highest BCUT2D eigenvalue weighted by Crippen LogP contribution is 2.26. The number of methoxy groups -OCH3 is 1. The minimum Gasteiger partial charge on any atom is -0.496 e. The fourth-order valence-electron chi connectivity index (χ4n) is 2.07. The van der Waals surface area contributed by atoms with Gasteiger partial charge in [-0.25, -0.2) is 0 Å². The molecule has 0 aromatic heterocycles. The van der Waals surface area contributed by atoms with Crippen LogP contribution in [-0.4, -0.2) is 18.8 Å². The number of nitrogens with one attached hydrogen (secondary N) is 1. The van der Waals surface area contributed by atoms with E-state index in [9.17, 15) is 5.11 Å². The molecular weight excluding hydrogens is 354 g/mol. The fourth-order valence-corrected chi connectivity index (χ4v) is 2.72. The van der Waals surface area contributed by atoms with Gasteiger partial charge in [0.2, 0.25) is 0 Å². The van der Waals surface area contributed by atoms with Gasteiger partial charge in [0.25, 0.3) is 0 Å². The lowest BCUT2D eigenvalue weighted by atomic mass is 10.1. The van der Waals surface area contributed by atoms with Crippen LogP contribution in [0.3, 0.4) is 0 Å². The molecule has 0 radical (unpaired) electrons. The van der Waals surface area contributed by atoms with Crippen molar-refractivity contribution in [3.8, 4) is 5.75 Å². The van der Waals surface area contributed by atoms with Crippen molar-refractivity contribution < 1.29 is 9.84 Å². The normalized spacial score (nSPS) is 12.2. The summed E-state index contributed by atoms with van der Waals surface area (Å²) in [7, 11) is 1.62. The number of benzene rings is 2. The molecule has 0 aliphatic rings. The van der Waals surface area contributed by atoms with E-state index >= 15 is 0 Å². The first-order valence-electron chi connectivity index (χ1n) is 6.57. The Morgan fingerprint density at radius 3 is 2.76 bits per heavy atom. The van der Waals surface area contributed by atoms with Crippen LogP contribution in [0.2, 0.25) is 5.02 Å². The molecule has 0 aliphatic heterocycles. The first-order valence-corrected chi connectivity index (χ1v) is 7.74. The molecule has 5 heteroatoms. The van der Waals surface area contributed by atoms with E-state index in [2.05, 4.69) is 21.2 Å². The summed E-state index contributed by atoms with van der Waals surface area (Å²) in [6.45, 7) is 0.971. The Morgan fingerprint density at radius 2 is 2.05 bits per heavy atom. The van der Waals surface area contributed by atoms with E-state index in [1.54, 1.807) is 7.11 Å². The second-order valence-corrected chi connectivity index (χ2v) is 5.95. The third-order valence-electron chi connectivity index (χ3n) is 3.17. The van der Waals surface area contributed by atoms with Crippen molar-refractivity contribution >= 4 is 27.5 Å². The summed E-state index contributed by atoms with van der Waals surface area (Å²) in [5, 5.41) is 14.0. The van der Waals surface area contributed by atoms with Crippen molar-refractivity contribution in [2.24, 2.45) is 0 Å². The van der Waals surface area contributed by atoms with Crippen molar-refractivity contribution in [2.75, 3.05) is 13.7 Å². The molecule has 2 rings (SSSR count). The maximum absolute atomic E-state index is 10.2. The average Bonchev–Trinajstić information content (AvgIpc) is 2.48. The summed E-state index contributed by atoms with van der Waals surface area (Å²) in [5.74, 6) is 0.743. The van der Waals surface area contributed by atoms with Gasteiger partial charge in [0, 0.05) is 28.1 Å². The lowest BCUT2D eigenvalue weighted by molar-refractivity contribution is 0.174. The molecule has 0 saturated carbocycles. The Labute approximate surface area is 138 Å². The largest absolute Gasteiger partial charge is 0.496 e. The molecule has 1 atom stereocenters. The van der Waals surface area contributed by atoms with Gasteiger partial charge in [0.15, 0.2) is 0 Å². The minimum atomic E-state index is -0.573. The summed E-state index contributed by atoms with van der Waals surface area (Å²) in [5.41, 5.74) is 1.76. The van der Waals surface area contributed by atoms with Crippen LogP contribution >= 0.6 is 27.5 Å². The van der Waals surface area contributed by atoms with Gasteiger partial charge in [-0.15, -0.1) is 0 Å². The molecule has 0 amide bonds. The highest BCUT2D eigenvalue weighted by Gasteiger charge is 2.10. The number of ether oxygens (including phenoxy) is 1. The molecule has 21 heavy (non-hydrogen) atoms. The number of aliphatic hydroxyl groups is 1. The molecule has 2 aromatic rings. The summed E-state index contributed by atoms with van der Waals surface area (Å²) < 4.78 is 6.24. The van der Waals surface area contributed by atoms with E-state index in [1.165, 1.54) is 0 Å². The highest BCUT2D eigenvalue weighted by atomic mass is 79.9. The average molecular weight is 371 g/mol. The molecule has 1 unspecified atom stereocenters. The minimum absolute atomic E-state index is 0.435. The van der Waals surface area contributed by atoms with Gasteiger partial charge in [0.05, 0.1) is 13.2 Å². The van der Waals surface area contributed by atoms with E-state index in [0.717, 1.165) is 21.3 Å². The van der Waals surface area contributed by atoms with Crippen LogP contribution in [0, 0.1) is 0 Å². The third-order valence-corrected chi connectivity index (χ3v) is 4.02. The molecule has 2 N–H and O–H groups in total. The Bertz CT molecular complexity index is 607. The molecule has 0 fully saturated rings. The zero-order chi connectivity index (χ0) is 15.2. The van der Waals surface area contributed by atoms with Crippen molar-refractivity contribution in [3.05, 3.63) is 63.1 Å². The third kappa shape index (κ3) is 4.45. The quantitative estimate of drug-likeness (QED) is 0.809. The van der Waals surface area contributed by atoms with Crippen molar-refractivity contribution in [1.29, 1.82) is 0 Å². The van der Waals surface area contributed by atoms with Gasteiger partial charge in [-0.2, -0.15) is 0 Å². The predicted octanol–water partition coefficient (Wildman–Crippen LogP) is 3.93. The smallest absolute Gasteiger partial charge is 0.124 e. The number of hydrogen-bond acceptors (Lipinski definition) is 3. The lowest BCUT2D eigenvalue weighted by Gasteiger charge is -2.15. The molecule has 0 heterocycles. The van der Waals surface area contributed by atoms with Crippen LogP contribution in [0.1, 0.15) is 17.2 Å². The highest BCUT2D eigenvalue weighted by molar-refractivity contribution is 9.10. The van der Waals surface area contributed by atoms with Gasteiger partial charge in [-0.1, -0.05) is 45.7 Å². The fraction of sp³-hybridized carbons (Fsp3) is 0.250. The first-order chi connectivity index (χ1) is 10.1. The number of aliphatic hydroxyl groups excluding tert-OH is 1. The Balaban J connectivity index is 1.96. The van der Waals surface area contributed by atoms with E-state index in [0.29, 0.717) is 18.1 Å². The standard InChI is InChI=1S/C16H17BrClNO2/c1-21-16-7-3-6-14(18)13(16)9-19-10-15(20)11-4-2-5-12(17)8-11/h2-8,15,19-20H,9-10H2,1H3. The Hall–Kier alpha value is -1.07. The summed E-state index contributed by atoms with van der Waals surface area (Å²) in [6.07, 6.45) is -0.573. The molecule has 3 nitrogen and oxygen atoms in total. The summed E-state index contributed by atoms with van der Waals surface area (Å²) in [6, 6.07) is 13.2. The second-order valence-electron chi connectivity index (χ2n) is 4.62. The number of hydrogen-bond donors (Lipinski definition) is 2. The van der Waals surface area contributed by atoms with Gasteiger partial charge in [-0.3, -0.25) is 0 Å². The first kappa shape index (κ1) is 16.3. The van der Waals surface area contributed by atoms with Crippen molar-refractivity contribution in [3.63, 3.8) is 0 Å². The van der Waals surface area contributed by atoms with Crippen LogP contribution in [0.25, 0.3) is 0 Å². The molecule has 2 aromatic carbocycles. The monoisotopic (exact) mass is 369 g/mol. The van der Waals surface area contributed by atoms with Gasteiger partial charge < -0.3 is 15.2 Å². The molecular formula is C16H17BrClNO2. The van der Waals surface area contributed by atoms with E-state index < -0.39 is 6.10 Å². The van der Waals surface area contributed by atoms with E-state index in [1.807, 2.05) is 42.5 Å². The van der Waals surface area contributed by atoms with Gasteiger partial charge >= 0.3 is 0 Å². The summed E-state index contributed by atoms with van der Waals surface area (Å²) >= 11 is 9.57. The van der Waals surface area contributed by atoms with Crippen molar-refractivity contribution in [2.45, 2.75) is 12.6 Å². The molecule has 112 valence electrons. The molecule has 0 saturated heterocycles. The number of halogens is 2.